The van der Waals surface area contributed by atoms with Crippen LogP contribution in [-0.2, 0) is 6.54 Å². The van der Waals surface area contributed by atoms with Gasteiger partial charge in [-0.2, -0.15) is 0 Å². The zero-order chi connectivity index (χ0) is 10.0. The Morgan fingerprint density at radius 3 is 3.00 bits per heavy atom. The van der Waals surface area contributed by atoms with Crippen LogP contribution < -0.4 is 0 Å². The molecule has 2 rings (SSSR count). The van der Waals surface area contributed by atoms with E-state index in [1.165, 1.54) is 25.7 Å². The first kappa shape index (κ1) is 9.44. The highest BCUT2D eigenvalue weighted by Gasteiger charge is 2.41. The molecule has 1 fully saturated rings. The lowest BCUT2D eigenvalue weighted by Gasteiger charge is -2.15. The number of aldehydes is 1. The summed E-state index contributed by atoms with van der Waals surface area (Å²) in [6.45, 7) is 3.18. The predicted molar refractivity (Wildman–Crippen MR) is 54.2 cm³/mol. The molecule has 1 aromatic heterocycles. The fourth-order valence-corrected chi connectivity index (χ4v) is 2.12. The van der Waals surface area contributed by atoms with E-state index in [0.717, 1.165) is 12.8 Å². The number of nitrogens with zero attached hydrogens (tertiary/aromatic N) is 2. The van der Waals surface area contributed by atoms with E-state index in [9.17, 15) is 4.79 Å². The molecule has 1 aliphatic carbocycles. The first-order valence-electron chi connectivity index (χ1n) is 5.25. The molecule has 1 aliphatic rings. The number of carbonyl (C=O) groups is 1. The topological polar surface area (TPSA) is 34.9 Å². The van der Waals surface area contributed by atoms with Crippen LogP contribution >= 0.6 is 0 Å². The van der Waals surface area contributed by atoms with Crippen molar-refractivity contribution in [3.63, 3.8) is 0 Å². The summed E-state index contributed by atoms with van der Waals surface area (Å²) < 4.78 is 1.98. The van der Waals surface area contributed by atoms with Crippen LogP contribution in [0.3, 0.4) is 0 Å². The van der Waals surface area contributed by atoms with Crippen molar-refractivity contribution < 1.29 is 4.79 Å². The lowest BCUT2D eigenvalue weighted by Crippen LogP contribution is -2.12. The molecular weight excluding hydrogens is 176 g/mol. The van der Waals surface area contributed by atoms with Gasteiger partial charge in [0, 0.05) is 6.54 Å². The van der Waals surface area contributed by atoms with Crippen LogP contribution in [0.25, 0.3) is 0 Å². The van der Waals surface area contributed by atoms with Crippen LogP contribution in [0.1, 0.15) is 43.1 Å². The summed E-state index contributed by atoms with van der Waals surface area (Å²) in [4.78, 5) is 14.7. The molecule has 1 aromatic rings. The molecule has 76 valence electrons. The molecule has 3 heteroatoms. The van der Waals surface area contributed by atoms with E-state index in [2.05, 4.69) is 11.9 Å². The molecule has 0 saturated heterocycles. The Bertz CT molecular complexity index is 326. The molecule has 0 atom stereocenters. The molecule has 0 bridgehead atoms. The minimum absolute atomic E-state index is 0.479. The van der Waals surface area contributed by atoms with Gasteiger partial charge in [0.1, 0.15) is 5.69 Å². The van der Waals surface area contributed by atoms with Crippen LogP contribution in [0.2, 0.25) is 0 Å². The molecule has 0 N–H and O–H groups in total. The minimum atomic E-state index is 0.479. The van der Waals surface area contributed by atoms with Gasteiger partial charge in [-0.25, -0.2) is 4.98 Å². The lowest BCUT2D eigenvalue weighted by molar-refractivity contribution is 0.111. The van der Waals surface area contributed by atoms with Gasteiger partial charge in [-0.05, 0) is 24.7 Å². The molecule has 0 radical (unpaired) electrons. The van der Waals surface area contributed by atoms with Crippen molar-refractivity contribution >= 4 is 6.29 Å². The molecule has 3 nitrogen and oxygen atoms in total. The van der Waals surface area contributed by atoms with Crippen molar-refractivity contribution in [1.82, 2.24) is 9.55 Å². The summed E-state index contributed by atoms with van der Waals surface area (Å²) >= 11 is 0. The monoisotopic (exact) mass is 192 g/mol. The van der Waals surface area contributed by atoms with Crippen molar-refractivity contribution in [3.05, 3.63) is 18.2 Å². The highest BCUT2D eigenvalue weighted by Crippen LogP contribution is 2.50. The molecule has 0 aliphatic heterocycles. The van der Waals surface area contributed by atoms with Crippen molar-refractivity contribution in [3.8, 4) is 0 Å². The molecule has 0 amide bonds. The average molecular weight is 192 g/mol. The fraction of sp³-hybridized carbons (Fsp3) is 0.636. The fourth-order valence-electron chi connectivity index (χ4n) is 2.12. The number of aromatic nitrogens is 2. The number of carbonyl (C=O) groups excluding carboxylic acids is 1. The Kier molecular flexibility index (Phi) is 2.40. The summed E-state index contributed by atoms with van der Waals surface area (Å²) in [7, 11) is 0. The standard InChI is InChI=1S/C11H16N2O/c1-2-3-11(4-5-11)8-13-9-12-6-10(13)7-14/h6-7,9H,2-5,8H2,1H3. The van der Waals surface area contributed by atoms with Crippen LogP contribution in [0, 0.1) is 5.41 Å². The van der Waals surface area contributed by atoms with Crippen molar-refractivity contribution in [2.75, 3.05) is 0 Å². The van der Waals surface area contributed by atoms with Crippen LogP contribution in [0.4, 0.5) is 0 Å². The van der Waals surface area contributed by atoms with Crippen molar-refractivity contribution in [2.45, 2.75) is 39.2 Å². The van der Waals surface area contributed by atoms with E-state index in [-0.39, 0.29) is 0 Å². The summed E-state index contributed by atoms with van der Waals surface area (Å²) in [5, 5.41) is 0. The summed E-state index contributed by atoms with van der Waals surface area (Å²) in [5.41, 5.74) is 1.18. The normalized spacial score (nSPS) is 18.1. The zero-order valence-electron chi connectivity index (χ0n) is 8.57. The van der Waals surface area contributed by atoms with E-state index in [1.54, 1.807) is 12.5 Å². The maximum atomic E-state index is 10.7. The molecule has 0 spiro atoms. The molecular formula is C11H16N2O. The summed E-state index contributed by atoms with van der Waals surface area (Å²) in [6, 6.07) is 0. The second kappa shape index (κ2) is 3.56. The number of hydrogen-bond donors (Lipinski definition) is 0. The van der Waals surface area contributed by atoms with Gasteiger partial charge in [0.2, 0.25) is 0 Å². The Morgan fingerprint density at radius 1 is 1.64 bits per heavy atom. The third-order valence-corrected chi connectivity index (χ3v) is 3.11. The molecule has 0 aromatic carbocycles. The van der Waals surface area contributed by atoms with Crippen molar-refractivity contribution in [1.29, 1.82) is 0 Å². The van der Waals surface area contributed by atoms with Crippen molar-refractivity contribution in [2.24, 2.45) is 5.41 Å². The highest BCUT2D eigenvalue weighted by atomic mass is 16.1. The second-order valence-corrected chi connectivity index (χ2v) is 4.31. The maximum Gasteiger partial charge on any atom is 0.168 e. The smallest absolute Gasteiger partial charge is 0.168 e. The number of imidazole rings is 1. The highest BCUT2D eigenvalue weighted by molar-refractivity contribution is 5.71. The Balaban J connectivity index is 2.07. The molecule has 0 unspecified atom stereocenters. The van der Waals surface area contributed by atoms with Gasteiger partial charge < -0.3 is 4.57 Å². The third-order valence-electron chi connectivity index (χ3n) is 3.11. The van der Waals surface area contributed by atoms with Gasteiger partial charge in [0.15, 0.2) is 6.29 Å². The van der Waals surface area contributed by atoms with Gasteiger partial charge in [0.05, 0.1) is 12.5 Å². The van der Waals surface area contributed by atoms with Crippen LogP contribution in [0.15, 0.2) is 12.5 Å². The Labute approximate surface area is 84.1 Å². The van der Waals surface area contributed by atoms with E-state index in [4.69, 9.17) is 0 Å². The van der Waals surface area contributed by atoms with Gasteiger partial charge in [-0.15, -0.1) is 0 Å². The predicted octanol–water partition coefficient (Wildman–Crippen LogP) is 2.28. The van der Waals surface area contributed by atoms with E-state index in [0.29, 0.717) is 11.1 Å². The van der Waals surface area contributed by atoms with E-state index >= 15 is 0 Å². The Hall–Kier alpha value is -1.12. The van der Waals surface area contributed by atoms with E-state index < -0.39 is 0 Å². The minimum Gasteiger partial charge on any atom is -0.328 e. The SMILES string of the molecule is CCCC1(Cn2cncc2C=O)CC1. The first-order chi connectivity index (χ1) is 6.79. The lowest BCUT2D eigenvalue weighted by atomic mass is 10.0. The maximum absolute atomic E-state index is 10.7. The van der Waals surface area contributed by atoms with Crippen LogP contribution in [0.5, 0.6) is 0 Å². The van der Waals surface area contributed by atoms with Gasteiger partial charge in [-0.3, -0.25) is 4.79 Å². The quantitative estimate of drug-likeness (QED) is 0.671. The van der Waals surface area contributed by atoms with Gasteiger partial charge in [-0.1, -0.05) is 13.3 Å². The Morgan fingerprint density at radius 2 is 2.43 bits per heavy atom. The van der Waals surface area contributed by atoms with Crippen LogP contribution in [-0.4, -0.2) is 15.8 Å². The first-order valence-corrected chi connectivity index (χ1v) is 5.25. The molecule has 1 saturated carbocycles. The number of rotatable bonds is 5. The molecule has 14 heavy (non-hydrogen) atoms. The summed E-state index contributed by atoms with van der Waals surface area (Å²) in [6.07, 6.45) is 9.38. The second-order valence-electron chi connectivity index (χ2n) is 4.31. The average Bonchev–Trinajstić information content (AvgIpc) is 2.79. The van der Waals surface area contributed by atoms with Gasteiger partial charge in [0.25, 0.3) is 0 Å². The van der Waals surface area contributed by atoms with Gasteiger partial charge >= 0.3 is 0 Å². The third kappa shape index (κ3) is 1.72. The molecule has 1 heterocycles. The zero-order valence-corrected chi connectivity index (χ0v) is 8.57. The van der Waals surface area contributed by atoms with E-state index in [1.807, 2.05) is 4.57 Å². The summed E-state index contributed by atoms with van der Waals surface area (Å²) in [5.74, 6) is 0. The largest absolute Gasteiger partial charge is 0.328 e. The number of hydrogen-bond acceptors (Lipinski definition) is 2.